The third-order valence-electron chi connectivity index (χ3n) is 6.44. The van der Waals surface area contributed by atoms with Crippen LogP contribution in [0.25, 0.3) is 16.7 Å². The molecule has 1 aromatic carbocycles. The monoisotopic (exact) mass is 499 g/mol. The van der Waals surface area contributed by atoms with Gasteiger partial charge in [-0.05, 0) is 49.6 Å². The minimum atomic E-state index is -0.595. The van der Waals surface area contributed by atoms with Crippen molar-refractivity contribution in [2.75, 3.05) is 20.8 Å². The van der Waals surface area contributed by atoms with E-state index in [0.717, 1.165) is 18.4 Å². The van der Waals surface area contributed by atoms with Crippen LogP contribution in [0.5, 0.6) is 11.5 Å². The van der Waals surface area contributed by atoms with Gasteiger partial charge in [-0.1, -0.05) is 6.07 Å². The predicted molar refractivity (Wildman–Crippen MR) is 135 cm³/mol. The number of amides is 1. The molecule has 1 amide bonds. The van der Waals surface area contributed by atoms with Crippen LogP contribution in [0, 0.1) is 18.3 Å². The Morgan fingerprint density at radius 2 is 1.97 bits per heavy atom. The summed E-state index contributed by atoms with van der Waals surface area (Å²) in [4.78, 5) is 36.0. The molecular formula is C27H25N5O5. The predicted octanol–water partition coefficient (Wildman–Crippen LogP) is 2.77. The third kappa shape index (κ3) is 4.45. The van der Waals surface area contributed by atoms with E-state index < -0.39 is 5.91 Å². The number of nitrogens with zero attached hydrogens (tertiary/aromatic N) is 5. The van der Waals surface area contributed by atoms with Gasteiger partial charge in [0.05, 0.1) is 37.8 Å². The van der Waals surface area contributed by atoms with Crippen LogP contribution in [0.15, 0.2) is 52.4 Å². The highest BCUT2D eigenvalue weighted by atomic mass is 16.5. The summed E-state index contributed by atoms with van der Waals surface area (Å²) in [6.45, 7) is 2.77. The van der Waals surface area contributed by atoms with Crippen LogP contribution >= 0.6 is 0 Å². The Morgan fingerprint density at radius 3 is 2.62 bits per heavy atom. The number of aryl methyl sites for hydroxylation is 1. The third-order valence-corrected chi connectivity index (χ3v) is 6.44. The molecule has 1 atom stereocenters. The molecule has 4 aromatic rings. The Balaban J connectivity index is 1.82. The highest BCUT2D eigenvalue weighted by Crippen LogP contribution is 2.23. The van der Waals surface area contributed by atoms with Crippen LogP contribution in [0.2, 0.25) is 0 Å². The number of rotatable bonds is 5. The van der Waals surface area contributed by atoms with Gasteiger partial charge in [-0.3, -0.25) is 14.0 Å². The van der Waals surface area contributed by atoms with Gasteiger partial charge in [0.15, 0.2) is 5.49 Å². The number of carbonyl (C=O) groups excluding carboxylic acids is 1. The van der Waals surface area contributed by atoms with E-state index in [1.54, 1.807) is 35.0 Å². The first kappa shape index (κ1) is 24.2. The molecule has 10 heteroatoms. The zero-order valence-corrected chi connectivity index (χ0v) is 20.7. The highest BCUT2D eigenvalue weighted by Gasteiger charge is 2.22. The number of carbonyl (C=O) groups is 1. The second-order valence-corrected chi connectivity index (χ2v) is 8.80. The van der Waals surface area contributed by atoms with Crippen LogP contribution in [0.3, 0.4) is 0 Å². The van der Waals surface area contributed by atoms with E-state index in [9.17, 15) is 14.9 Å². The van der Waals surface area contributed by atoms with Crippen molar-refractivity contribution in [1.82, 2.24) is 14.0 Å². The van der Waals surface area contributed by atoms with Gasteiger partial charge in [-0.2, -0.15) is 10.3 Å². The molecule has 4 heterocycles. The maximum Gasteiger partial charge on any atom is 0.279 e. The molecule has 1 saturated heterocycles. The molecule has 0 saturated carbocycles. The van der Waals surface area contributed by atoms with Crippen molar-refractivity contribution >= 4 is 22.6 Å². The highest BCUT2D eigenvalue weighted by molar-refractivity contribution is 5.96. The molecule has 0 radical (unpaired) electrons. The Labute approximate surface area is 212 Å². The lowest BCUT2D eigenvalue weighted by molar-refractivity contribution is 0.0952. The molecule has 1 unspecified atom stereocenters. The summed E-state index contributed by atoms with van der Waals surface area (Å²) in [5, 5.41) is 10.3. The molecule has 1 aliphatic heterocycles. The number of pyridine rings is 2. The Morgan fingerprint density at radius 1 is 1.22 bits per heavy atom. The number of fused-ring (bicyclic) bond motifs is 2. The Bertz CT molecular complexity index is 1690. The Kier molecular flexibility index (Phi) is 6.46. The lowest BCUT2D eigenvalue weighted by Gasteiger charge is -2.17. The fraction of sp³-hybridized carbons (Fsp3) is 0.296. The van der Waals surface area contributed by atoms with Gasteiger partial charge in [0.1, 0.15) is 28.9 Å². The van der Waals surface area contributed by atoms with Crippen molar-refractivity contribution in [3.05, 3.63) is 75.1 Å². The van der Waals surface area contributed by atoms with Crippen LogP contribution < -0.4 is 20.5 Å². The summed E-state index contributed by atoms with van der Waals surface area (Å²) in [6.07, 6.45) is 3.18. The van der Waals surface area contributed by atoms with Gasteiger partial charge in [0.2, 0.25) is 0 Å². The maximum absolute atomic E-state index is 13.4. The molecule has 5 rings (SSSR count). The van der Waals surface area contributed by atoms with E-state index in [0.29, 0.717) is 29.4 Å². The van der Waals surface area contributed by atoms with Crippen LogP contribution in [-0.2, 0) is 11.3 Å². The van der Waals surface area contributed by atoms with Crippen molar-refractivity contribution in [2.24, 2.45) is 4.99 Å². The largest absolute Gasteiger partial charge is 0.497 e. The second-order valence-electron chi connectivity index (χ2n) is 8.80. The van der Waals surface area contributed by atoms with Gasteiger partial charge >= 0.3 is 0 Å². The smallest absolute Gasteiger partial charge is 0.279 e. The van der Waals surface area contributed by atoms with Crippen LogP contribution in [-0.4, -0.2) is 46.8 Å². The molecular weight excluding hydrogens is 474 g/mol. The number of nitriles is 1. The minimum absolute atomic E-state index is 0.0835. The lowest BCUT2D eigenvalue weighted by atomic mass is 10.1. The average molecular weight is 500 g/mol. The molecule has 37 heavy (non-hydrogen) atoms. The van der Waals surface area contributed by atoms with Gasteiger partial charge < -0.3 is 18.8 Å². The van der Waals surface area contributed by atoms with Gasteiger partial charge in [-0.25, -0.2) is 4.98 Å². The number of aromatic nitrogens is 3. The summed E-state index contributed by atoms with van der Waals surface area (Å²) >= 11 is 0. The number of methoxy groups -OCH3 is 2. The maximum atomic E-state index is 13.4. The average Bonchev–Trinajstić information content (AvgIpc) is 3.43. The number of ether oxygens (including phenoxy) is 3. The molecule has 0 bridgehead atoms. The SMILES string of the molecule is COc1cc(OC)cc(C(=O)N=c2c(C#N)cc3c(=O)n4cccc(C)c4nc3n2CC2CCCO2)c1. The zero-order valence-electron chi connectivity index (χ0n) is 20.7. The molecule has 0 spiro atoms. The van der Waals surface area contributed by atoms with Crippen LogP contribution in [0.4, 0.5) is 0 Å². The molecule has 3 aromatic heterocycles. The van der Waals surface area contributed by atoms with Crippen molar-refractivity contribution in [1.29, 1.82) is 5.26 Å². The summed E-state index contributed by atoms with van der Waals surface area (Å²) in [5.41, 5.74) is 1.75. The van der Waals surface area contributed by atoms with Gasteiger partial charge in [0.25, 0.3) is 11.5 Å². The van der Waals surface area contributed by atoms with E-state index in [2.05, 4.69) is 11.1 Å². The van der Waals surface area contributed by atoms with Crippen LogP contribution in [0.1, 0.15) is 34.3 Å². The summed E-state index contributed by atoms with van der Waals surface area (Å²) in [7, 11) is 2.98. The van der Waals surface area contributed by atoms with E-state index in [4.69, 9.17) is 19.2 Å². The fourth-order valence-electron chi connectivity index (χ4n) is 4.55. The molecule has 1 fully saturated rings. The van der Waals surface area contributed by atoms with Gasteiger partial charge in [-0.15, -0.1) is 0 Å². The molecule has 1 aliphatic rings. The summed E-state index contributed by atoms with van der Waals surface area (Å²) < 4.78 is 19.5. The molecule has 0 N–H and O–H groups in total. The topological polar surface area (TPSA) is 120 Å². The molecule has 10 nitrogen and oxygen atoms in total. The first-order chi connectivity index (χ1) is 17.9. The first-order valence-electron chi connectivity index (χ1n) is 11.8. The Hall–Kier alpha value is -4.49. The van der Waals surface area contributed by atoms with E-state index >= 15 is 0 Å². The van der Waals surface area contributed by atoms with E-state index in [1.165, 1.54) is 24.7 Å². The molecule has 0 aliphatic carbocycles. The number of hydrogen-bond acceptors (Lipinski definition) is 7. The van der Waals surface area contributed by atoms with Crippen molar-refractivity contribution < 1.29 is 19.0 Å². The molecule has 188 valence electrons. The lowest BCUT2D eigenvalue weighted by Crippen LogP contribution is -2.33. The quantitative estimate of drug-likeness (QED) is 0.387. The van der Waals surface area contributed by atoms with Crippen molar-refractivity contribution in [2.45, 2.75) is 32.4 Å². The minimum Gasteiger partial charge on any atom is -0.497 e. The fourth-order valence-corrected chi connectivity index (χ4v) is 4.55. The summed E-state index contributed by atoms with van der Waals surface area (Å²) in [5.74, 6) is 0.268. The zero-order chi connectivity index (χ0) is 26.1. The van der Waals surface area contributed by atoms with Crippen molar-refractivity contribution in [3.8, 4) is 17.6 Å². The normalized spacial score (nSPS) is 15.7. The number of benzene rings is 1. The summed E-state index contributed by atoms with van der Waals surface area (Å²) in [6, 6.07) is 11.9. The van der Waals surface area contributed by atoms with E-state index in [-0.39, 0.29) is 40.2 Å². The van der Waals surface area contributed by atoms with E-state index in [1.807, 2.05) is 13.0 Å². The van der Waals surface area contributed by atoms with Gasteiger partial charge in [0, 0.05) is 24.4 Å². The van der Waals surface area contributed by atoms with Crippen molar-refractivity contribution in [3.63, 3.8) is 0 Å². The number of hydrogen-bond donors (Lipinski definition) is 0. The first-order valence-corrected chi connectivity index (χ1v) is 11.8. The second kappa shape index (κ2) is 9.87. The standard InChI is InChI=1S/C27H25N5O5/c1-16-6-4-8-31-23(16)29-25-22(27(31)34)12-18(14-28)24(32(25)15-19-7-5-9-37-19)30-26(33)17-10-20(35-2)13-21(11-17)36-3/h4,6,8,10-13,19H,5,7,9,15H2,1-3H3.